The molecule has 144 valence electrons. The number of hydrogen-bond donors (Lipinski definition) is 1. The van der Waals surface area contributed by atoms with E-state index in [1.54, 1.807) is 60.6 Å². The monoisotopic (exact) mass is 385 g/mol. The van der Waals surface area contributed by atoms with Crippen LogP contribution in [0.5, 0.6) is 0 Å². The van der Waals surface area contributed by atoms with E-state index in [0.29, 0.717) is 35.1 Å². The van der Waals surface area contributed by atoms with Crippen molar-refractivity contribution in [2.75, 3.05) is 10.2 Å². The quantitative estimate of drug-likeness (QED) is 0.659. The van der Waals surface area contributed by atoms with Gasteiger partial charge in [-0.2, -0.15) is 0 Å². The molecular weight excluding hydrogens is 366 g/mol. The molecule has 29 heavy (non-hydrogen) atoms. The Bertz CT molecular complexity index is 1080. The van der Waals surface area contributed by atoms with Crippen molar-refractivity contribution in [3.8, 4) is 0 Å². The van der Waals surface area contributed by atoms with Crippen molar-refractivity contribution in [2.24, 2.45) is 4.99 Å². The van der Waals surface area contributed by atoms with Crippen LogP contribution in [0.4, 0.5) is 11.4 Å². The van der Waals surface area contributed by atoms with E-state index in [2.05, 4.69) is 10.3 Å². The lowest BCUT2D eigenvalue weighted by Gasteiger charge is -2.19. The number of benzene rings is 2. The average Bonchev–Trinajstić information content (AvgIpc) is 3.38. The highest BCUT2D eigenvalue weighted by Crippen LogP contribution is 2.29. The lowest BCUT2D eigenvalue weighted by Crippen LogP contribution is -2.32. The van der Waals surface area contributed by atoms with Crippen molar-refractivity contribution in [3.05, 3.63) is 90.0 Å². The maximum absolute atomic E-state index is 13.2. The molecule has 3 aromatic rings. The Hall–Kier alpha value is -3.93. The number of anilines is 2. The highest BCUT2D eigenvalue weighted by Gasteiger charge is 2.32. The number of furan rings is 1. The van der Waals surface area contributed by atoms with Crippen LogP contribution in [-0.2, 0) is 9.59 Å². The van der Waals surface area contributed by atoms with Gasteiger partial charge in [0, 0.05) is 23.7 Å². The van der Waals surface area contributed by atoms with Crippen LogP contribution in [0, 0.1) is 0 Å². The maximum atomic E-state index is 13.2. The number of hydrogen-bond acceptors (Lipinski definition) is 4. The van der Waals surface area contributed by atoms with Crippen molar-refractivity contribution in [1.82, 2.24) is 0 Å². The summed E-state index contributed by atoms with van der Waals surface area (Å²) in [4.78, 5) is 30.9. The Morgan fingerprint density at radius 1 is 1.07 bits per heavy atom. The second kappa shape index (κ2) is 7.98. The highest BCUT2D eigenvalue weighted by molar-refractivity contribution is 6.33. The third-order valence-corrected chi connectivity index (χ3v) is 4.44. The normalized spacial score (nSPS) is 14.9. The minimum atomic E-state index is -0.245. The Balaban J connectivity index is 1.71. The van der Waals surface area contributed by atoms with Gasteiger partial charge in [0.1, 0.15) is 17.3 Å². The lowest BCUT2D eigenvalue weighted by molar-refractivity contribution is -0.116. The summed E-state index contributed by atoms with van der Waals surface area (Å²) in [5.74, 6) is 0.790. The second-order valence-corrected chi connectivity index (χ2v) is 6.44. The molecule has 2 amide bonds. The topological polar surface area (TPSA) is 74.9 Å². The van der Waals surface area contributed by atoms with Gasteiger partial charge in [-0.25, -0.2) is 4.99 Å². The average molecular weight is 385 g/mol. The molecule has 6 nitrogen and oxygen atoms in total. The summed E-state index contributed by atoms with van der Waals surface area (Å²) >= 11 is 0. The molecule has 1 N–H and O–H groups in total. The first-order valence-electron chi connectivity index (χ1n) is 9.29. The predicted octanol–water partition coefficient (Wildman–Crippen LogP) is 4.46. The molecule has 0 atom stereocenters. The molecular formula is C23H19N3O3. The van der Waals surface area contributed by atoms with E-state index in [9.17, 15) is 9.59 Å². The van der Waals surface area contributed by atoms with Gasteiger partial charge in [0.05, 0.1) is 12.0 Å². The zero-order valence-corrected chi connectivity index (χ0v) is 15.8. The summed E-state index contributed by atoms with van der Waals surface area (Å²) in [6.45, 7) is 1.79. The summed E-state index contributed by atoms with van der Waals surface area (Å²) in [5.41, 5.74) is 2.46. The van der Waals surface area contributed by atoms with Crippen molar-refractivity contribution in [3.63, 3.8) is 0 Å². The molecule has 1 aliphatic rings. The summed E-state index contributed by atoms with van der Waals surface area (Å²) in [6, 6.07) is 20.2. The maximum Gasteiger partial charge on any atom is 0.282 e. The van der Waals surface area contributed by atoms with Gasteiger partial charge in [0.15, 0.2) is 0 Å². The molecule has 2 aromatic carbocycles. The SMILES string of the molecule is CCC(=O)Nc1ccc(N2C(=O)C(=Cc3ccco3)N=C2c2ccccc2)cc1. The zero-order valence-electron chi connectivity index (χ0n) is 15.8. The first-order valence-corrected chi connectivity index (χ1v) is 9.29. The minimum absolute atomic E-state index is 0.0646. The summed E-state index contributed by atoms with van der Waals surface area (Å²) in [7, 11) is 0. The van der Waals surface area contributed by atoms with Crippen LogP contribution in [0.15, 0.2) is 88.1 Å². The van der Waals surface area contributed by atoms with Crippen molar-refractivity contribution in [2.45, 2.75) is 13.3 Å². The van der Waals surface area contributed by atoms with Gasteiger partial charge in [-0.3, -0.25) is 14.5 Å². The third-order valence-electron chi connectivity index (χ3n) is 4.44. The molecule has 1 aliphatic heterocycles. The van der Waals surface area contributed by atoms with Crippen molar-refractivity contribution in [1.29, 1.82) is 0 Å². The fraction of sp³-hybridized carbons (Fsp3) is 0.0870. The van der Waals surface area contributed by atoms with Crippen molar-refractivity contribution < 1.29 is 14.0 Å². The fourth-order valence-electron chi connectivity index (χ4n) is 2.99. The second-order valence-electron chi connectivity index (χ2n) is 6.44. The highest BCUT2D eigenvalue weighted by atomic mass is 16.3. The Morgan fingerprint density at radius 3 is 2.48 bits per heavy atom. The van der Waals surface area contributed by atoms with E-state index < -0.39 is 0 Å². The Morgan fingerprint density at radius 2 is 1.83 bits per heavy atom. The third kappa shape index (κ3) is 3.87. The molecule has 1 aromatic heterocycles. The summed E-state index contributed by atoms with van der Waals surface area (Å²) in [5, 5.41) is 2.81. The first-order chi connectivity index (χ1) is 14.2. The molecule has 0 fully saturated rings. The number of nitrogens with one attached hydrogen (secondary N) is 1. The van der Waals surface area contributed by atoms with Crippen LogP contribution < -0.4 is 10.2 Å². The molecule has 2 heterocycles. The number of carbonyl (C=O) groups excluding carboxylic acids is 2. The van der Waals surface area contributed by atoms with Gasteiger partial charge >= 0.3 is 0 Å². The summed E-state index contributed by atoms with van der Waals surface area (Å²) in [6.07, 6.45) is 3.58. The Kier molecular flexibility index (Phi) is 5.07. The fourth-order valence-corrected chi connectivity index (χ4v) is 2.99. The van der Waals surface area contributed by atoms with Crippen LogP contribution in [0.25, 0.3) is 6.08 Å². The van der Waals surface area contributed by atoms with E-state index in [-0.39, 0.29) is 11.8 Å². The lowest BCUT2D eigenvalue weighted by atomic mass is 10.1. The van der Waals surface area contributed by atoms with Crippen molar-refractivity contribution >= 4 is 35.1 Å². The zero-order chi connectivity index (χ0) is 20.2. The van der Waals surface area contributed by atoms with Crippen LogP contribution in [0.2, 0.25) is 0 Å². The van der Waals surface area contributed by atoms with Crippen LogP contribution in [0.3, 0.4) is 0 Å². The van der Waals surface area contributed by atoms with E-state index in [0.717, 1.165) is 5.56 Å². The number of rotatable bonds is 5. The molecule has 0 bridgehead atoms. The van der Waals surface area contributed by atoms with Crippen LogP contribution >= 0.6 is 0 Å². The van der Waals surface area contributed by atoms with Gasteiger partial charge in [0.2, 0.25) is 5.91 Å². The van der Waals surface area contributed by atoms with E-state index in [1.807, 2.05) is 30.3 Å². The Labute approximate surface area is 168 Å². The minimum Gasteiger partial charge on any atom is -0.465 e. The smallest absolute Gasteiger partial charge is 0.282 e. The van der Waals surface area contributed by atoms with Gasteiger partial charge in [-0.05, 0) is 36.4 Å². The van der Waals surface area contributed by atoms with Crippen LogP contribution in [0.1, 0.15) is 24.7 Å². The van der Waals surface area contributed by atoms with Gasteiger partial charge < -0.3 is 9.73 Å². The molecule has 0 unspecified atom stereocenters. The van der Waals surface area contributed by atoms with E-state index >= 15 is 0 Å². The summed E-state index contributed by atoms with van der Waals surface area (Å²) < 4.78 is 5.33. The van der Waals surface area contributed by atoms with Gasteiger partial charge in [-0.1, -0.05) is 37.3 Å². The van der Waals surface area contributed by atoms with Gasteiger partial charge in [-0.15, -0.1) is 0 Å². The first kappa shape index (κ1) is 18.4. The largest absolute Gasteiger partial charge is 0.465 e. The standard InChI is InChI=1S/C23H19N3O3/c1-2-21(27)24-17-10-12-18(13-11-17)26-22(16-7-4-3-5-8-16)25-20(23(26)28)15-19-9-6-14-29-19/h3-15H,2H2,1H3,(H,24,27). The molecule has 0 spiro atoms. The number of nitrogens with zero attached hydrogens (tertiary/aromatic N) is 2. The number of amides is 2. The molecule has 4 rings (SSSR count). The molecule has 0 saturated carbocycles. The van der Waals surface area contributed by atoms with E-state index in [1.165, 1.54) is 0 Å². The predicted molar refractivity (Wildman–Crippen MR) is 113 cm³/mol. The van der Waals surface area contributed by atoms with Gasteiger partial charge in [0.25, 0.3) is 5.91 Å². The molecule has 6 heteroatoms. The number of aliphatic imine (C=N–C) groups is 1. The van der Waals surface area contributed by atoms with E-state index in [4.69, 9.17) is 4.42 Å². The number of amidine groups is 1. The number of carbonyl (C=O) groups is 2. The molecule has 0 aliphatic carbocycles. The van der Waals surface area contributed by atoms with Crippen LogP contribution in [-0.4, -0.2) is 17.6 Å². The molecule has 0 saturated heterocycles. The molecule has 0 radical (unpaired) electrons.